The lowest BCUT2D eigenvalue weighted by Gasteiger charge is -2.03. The van der Waals surface area contributed by atoms with Gasteiger partial charge in [-0.1, -0.05) is 6.07 Å². The van der Waals surface area contributed by atoms with Crippen LogP contribution in [0.1, 0.15) is 11.3 Å². The van der Waals surface area contributed by atoms with Crippen molar-refractivity contribution in [3.05, 3.63) is 35.5 Å². The molecule has 2 heteroatoms. The molecule has 0 saturated carbocycles. The molecule has 0 aliphatic rings. The highest BCUT2D eigenvalue weighted by Gasteiger charge is 1.99. The van der Waals surface area contributed by atoms with E-state index in [2.05, 4.69) is 11.1 Å². The quantitative estimate of drug-likeness (QED) is 0.620. The molecule has 1 aromatic heterocycles. The standard InChI is InChI=1S/C11H12N2/c1-7-5-10(12)6-9-4-3-8(2)13-11(7)9/h3-6H,12H2,1-2H3. The third-order valence-electron chi connectivity index (χ3n) is 2.14. The van der Waals surface area contributed by atoms with Crippen molar-refractivity contribution in [2.45, 2.75) is 13.8 Å². The van der Waals surface area contributed by atoms with Crippen LogP contribution in [0.5, 0.6) is 0 Å². The average Bonchev–Trinajstić information content (AvgIpc) is 2.06. The Morgan fingerprint density at radius 2 is 1.92 bits per heavy atom. The molecule has 2 aromatic rings. The molecular weight excluding hydrogens is 160 g/mol. The van der Waals surface area contributed by atoms with E-state index < -0.39 is 0 Å². The van der Waals surface area contributed by atoms with E-state index in [-0.39, 0.29) is 0 Å². The van der Waals surface area contributed by atoms with Crippen LogP contribution in [0.2, 0.25) is 0 Å². The molecule has 2 rings (SSSR count). The number of nitrogens with two attached hydrogens (primary N) is 1. The zero-order valence-electron chi connectivity index (χ0n) is 7.83. The molecular formula is C11H12N2. The molecule has 13 heavy (non-hydrogen) atoms. The number of rotatable bonds is 0. The molecule has 0 unspecified atom stereocenters. The van der Waals surface area contributed by atoms with Crippen LogP contribution < -0.4 is 5.73 Å². The number of nitrogens with zero attached hydrogens (tertiary/aromatic N) is 1. The van der Waals surface area contributed by atoms with E-state index in [4.69, 9.17) is 5.73 Å². The van der Waals surface area contributed by atoms with Crippen LogP contribution in [0.3, 0.4) is 0 Å². The fourth-order valence-electron chi connectivity index (χ4n) is 1.54. The van der Waals surface area contributed by atoms with Gasteiger partial charge in [-0.05, 0) is 37.6 Å². The van der Waals surface area contributed by atoms with E-state index in [1.165, 1.54) is 0 Å². The number of anilines is 1. The minimum Gasteiger partial charge on any atom is -0.399 e. The van der Waals surface area contributed by atoms with E-state index in [1.807, 2.05) is 32.0 Å². The molecule has 66 valence electrons. The first kappa shape index (κ1) is 8.05. The topological polar surface area (TPSA) is 38.9 Å². The Labute approximate surface area is 77.4 Å². The van der Waals surface area contributed by atoms with Crippen molar-refractivity contribution in [1.29, 1.82) is 0 Å². The SMILES string of the molecule is Cc1ccc2cc(N)cc(C)c2n1. The number of aryl methyl sites for hydroxylation is 2. The summed E-state index contributed by atoms with van der Waals surface area (Å²) in [5, 5.41) is 1.11. The van der Waals surface area contributed by atoms with Crippen LogP contribution in [0.4, 0.5) is 5.69 Å². The summed E-state index contributed by atoms with van der Waals surface area (Å²) in [5.74, 6) is 0. The summed E-state index contributed by atoms with van der Waals surface area (Å²) in [6, 6.07) is 7.96. The van der Waals surface area contributed by atoms with Crippen LogP contribution >= 0.6 is 0 Å². The maximum atomic E-state index is 5.73. The predicted octanol–water partition coefficient (Wildman–Crippen LogP) is 2.43. The van der Waals surface area contributed by atoms with Crippen molar-refractivity contribution in [2.75, 3.05) is 5.73 Å². The lowest BCUT2D eigenvalue weighted by Crippen LogP contribution is -1.90. The van der Waals surface area contributed by atoms with Crippen LogP contribution in [-0.2, 0) is 0 Å². The number of benzene rings is 1. The first-order chi connectivity index (χ1) is 6.16. The molecule has 1 heterocycles. The summed E-state index contributed by atoms with van der Waals surface area (Å²) in [4.78, 5) is 4.46. The fourth-order valence-corrected chi connectivity index (χ4v) is 1.54. The summed E-state index contributed by atoms with van der Waals surface area (Å²) in [6.07, 6.45) is 0. The van der Waals surface area contributed by atoms with Gasteiger partial charge >= 0.3 is 0 Å². The number of fused-ring (bicyclic) bond motifs is 1. The normalized spacial score (nSPS) is 10.6. The maximum Gasteiger partial charge on any atom is 0.0735 e. The van der Waals surface area contributed by atoms with Gasteiger partial charge in [-0.15, -0.1) is 0 Å². The Bertz CT molecular complexity index is 461. The third-order valence-corrected chi connectivity index (χ3v) is 2.14. The zero-order chi connectivity index (χ0) is 9.42. The average molecular weight is 172 g/mol. The number of aromatic nitrogens is 1. The second kappa shape index (κ2) is 2.73. The zero-order valence-corrected chi connectivity index (χ0v) is 7.83. The number of pyridine rings is 1. The van der Waals surface area contributed by atoms with Crippen LogP contribution in [0.25, 0.3) is 10.9 Å². The van der Waals surface area contributed by atoms with E-state index in [0.717, 1.165) is 27.8 Å². The van der Waals surface area contributed by atoms with E-state index in [1.54, 1.807) is 0 Å². The summed E-state index contributed by atoms with van der Waals surface area (Å²) in [7, 11) is 0. The van der Waals surface area contributed by atoms with E-state index in [0.29, 0.717) is 0 Å². The van der Waals surface area contributed by atoms with E-state index in [9.17, 15) is 0 Å². The lowest BCUT2D eigenvalue weighted by atomic mass is 10.1. The molecule has 0 bridgehead atoms. The number of nitrogen functional groups attached to an aromatic ring is 1. The highest BCUT2D eigenvalue weighted by Crippen LogP contribution is 2.20. The minimum atomic E-state index is 0.802. The highest BCUT2D eigenvalue weighted by atomic mass is 14.7. The Kier molecular flexibility index (Phi) is 1.69. The highest BCUT2D eigenvalue weighted by molar-refractivity contribution is 5.85. The fraction of sp³-hybridized carbons (Fsp3) is 0.182. The Morgan fingerprint density at radius 3 is 2.69 bits per heavy atom. The largest absolute Gasteiger partial charge is 0.399 e. The van der Waals surface area contributed by atoms with Gasteiger partial charge in [0.25, 0.3) is 0 Å². The molecule has 0 aliphatic carbocycles. The summed E-state index contributed by atoms with van der Waals surface area (Å²) in [5.41, 5.74) is 9.77. The first-order valence-electron chi connectivity index (χ1n) is 4.30. The third kappa shape index (κ3) is 1.35. The molecule has 1 aromatic carbocycles. The Morgan fingerprint density at radius 1 is 1.15 bits per heavy atom. The summed E-state index contributed by atoms with van der Waals surface area (Å²) in [6.45, 7) is 4.03. The second-order valence-corrected chi connectivity index (χ2v) is 3.36. The van der Waals surface area contributed by atoms with Gasteiger partial charge < -0.3 is 5.73 Å². The van der Waals surface area contributed by atoms with Gasteiger partial charge in [-0.25, -0.2) is 0 Å². The van der Waals surface area contributed by atoms with Crippen LogP contribution in [-0.4, -0.2) is 4.98 Å². The van der Waals surface area contributed by atoms with Crippen LogP contribution in [0, 0.1) is 13.8 Å². The van der Waals surface area contributed by atoms with Gasteiger partial charge in [-0.2, -0.15) is 0 Å². The van der Waals surface area contributed by atoms with Crippen molar-refractivity contribution in [3.8, 4) is 0 Å². The molecule has 0 atom stereocenters. The monoisotopic (exact) mass is 172 g/mol. The smallest absolute Gasteiger partial charge is 0.0735 e. The lowest BCUT2D eigenvalue weighted by molar-refractivity contribution is 1.24. The molecule has 2 nitrogen and oxygen atoms in total. The summed E-state index contributed by atoms with van der Waals surface area (Å²) >= 11 is 0. The molecule has 0 radical (unpaired) electrons. The van der Waals surface area contributed by atoms with Crippen molar-refractivity contribution in [3.63, 3.8) is 0 Å². The maximum absolute atomic E-state index is 5.73. The summed E-state index contributed by atoms with van der Waals surface area (Å²) < 4.78 is 0. The Hall–Kier alpha value is -1.57. The molecule has 2 N–H and O–H groups in total. The van der Waals surface area contributed by atoms with Crippen molar-refractivity contribution in [1.82, 2.24) is 4.98 Å². The van der Waals surface area contributed by atoms with Crippen LogP contribution in [0.15, 0.2) is 24.3 Å². The van der Waals surface area contributed by atoms with Gasteiger partial charge in [0.1, 0.15) is 0 Å². The Balaban J connectivity index is 2.87. The minimum absolute atomic E-state index is 0.802. The molecule has 0 amide bonds. The predicted molar refractivity (Wildman–Crippen MR) is 55.6 cm³/mol. The second-order valence-electron chi connectivity index (χ2n) is 3.36. The van der Waals surface area contributed by atoms with Crippen molar-refractivity contribution >= 4 is 16.6 Å². The van der Waals surface area contributed by atoms with E-state index >= 15 is 0 Å². The number of hydrogen-bond donors (Lipinski definition) is 1. The molecule has 0 aliphatic heterocycles. The van der Waals surface area contributed by atoms with Gasteiger partial charge in [-0.3, -0.25) is 4.98 Å². The first-order valence-corrected chi connectivity index (χ1v) is 4.30. The van der Waals surface area contributed by atoms with Gasteiger partial charge in [0, 0.05) is 16.8 Å². The molecule has 0 spiro atoms. The van der Waals surface area contributed by atoms with Gasteiger partial charge in [0.05, 0.1) is 5.52 Å². The van der Waals surface area contributed by atoms with Gasteiger partial charge in [0.2, 0.25) is 0 Å². The van der Waals surface area contributed by atoms with Crippen molar-refractivity contribution in [2.24, 2.45) is 0 Å². The molecule has 0 fully saturated rings. The molecule has 0 saturated heterocycles. The van der Waals surface area contributed by atoms with Gasteiger partial charge in [0.15, 0.2) is 0 Å². The van der Waals surface area contributed by atoms with Crippen molar-refractivity contribution < 1.29 is 0 Å². The number of hydrogen-bond acceptors (Lipinski definition) is 2.